The molecule has 2 aliphatic rings. The van der Waals surface area contributed by atoms with Gasteiger partial charge in [-0.2, -0.15) is 9.29 Å². The maximum absolute atomic E-state index is 13.4. The van der Waals surface area contributed by atoms with Crippen LogP contribution in [-0.2, 0) is 14.8 Å². The zero-order valence-electron chi connectivity index (χ0n) is 17.6. The summed E-state index contributed by atoms with van der Waals surface area (Å²) in [6, 6.07) is 1.65. The molecule has 0 N–H and O–H groups in total. The first-order valence-corrected chi connectivity index (χ1v) is 12.8. The first kappa shape index (κ1) is 21.5. The second-order valence-corrected chi connectivity index (χ2v) is 11.1. The van der Waals surface area contributed by atoms with Crippen molar-refractivity contribution < 1.29 is 17.7 Å². The number of rotatable bonds is 7. The van der Waals surface area contributed by atoms with Gasteiger partial charge in [0.1, 0.15) is 0 Å². The zero-order chi connectivity index (χ0) is 21.5. The Kier molecular flexibility index (Phi) is 6.00. The summed E-state index contributed by atoms with van der Waals surface area (Å²) in [5.74, 6) is 1.19. The van der Waals surface area contributed by atoms with Gasteiger partial charge in [0.05, 0.1) is 15.7 Å². The van der Waals surface area contributed by atoms with Crippen LogP contribution in [0.25, 0.3) is 10.7 Å². The smallest absolute Gasteiger partial charge is 0.244 e. The van der Waals surface area contributed by atoms with Gasteiger partial charge in [0.25, 0.3) is 0 Å². The Morgan fingerprint density at radius 3 is 2.70 bits per heavy atom. The lowest BCUT2D eigenvalue weighted by atomic mass is 9.98. The van der Waals surface area contributed by atoms with Crippen LogP contribution in [0.5, 0.6) is 0 Å². The van der Waals surface area contributed by atoms with Crippen LogP contribution in [0.2, 0.25) is 0 Å². The summed E-state index contributed by atoms with van der Waals surface area (Å²) in [5.41, 5.74) is 0. The minimum Gasteiger partial charge on any atom is -0.343 e. The van der Waals surface area contributed by atoms with Gasteiger partial charge in [-0.3, -0.25) is 4.79 Å². The van der Waals surface area contributed by atoms with Gasteiger partial charge in [-0.25, -0.2) is 8.42 Å². The zero-order valence-corrected chi connectivity index (χ0v) is 19.3. The van der Waals surface area contributed by atoms with E-state index in [1.165, 1.54) is 15.6 Å². The SMILES string of the molecule is CCN(CC)C(=O)[C@@H]1CCCN(S(=O)(=O)c2cc(-c3noc(C4CC4)n3)sc2C)C1. The summed E-state index contributed by atoms with van der Waals surface area (Å²) in [4.78, 5) is 20.6. The van der Waals surface area contributed by atoms with Crippen molar-refractivity contribution in [2.45, 2.75) is 57.3 Å². The Bertz CT molecular complexity index is 1020. The molecule has 1 amide bonds. The fourth-order valence-corrected chi connectivity index (χ4v) is 6.97. The molecule has 2 aromatic rings. The molecule has 0 radical (unpaired) electrons. The highest BCUT2D eigenvalue weighted by Gasteiger charge is 2.36. The number of sulfonamides is 1. The maximum atomic E-state index is 13.4. The van der Waals surface area contributed by atoms with Crippen molar-refractivity contribution in [2.24, 2.45) is 5.92 Å². The van der Waals surface area contributed by atoms with Crippen LogP contribution in [0.4, 0.5) is 0 Å². The number of aryl methyl sites for hydroxylation is 1. The lowest BCUT2D eigenvalue weighted by molar-refractivity contribution is -0.136. The molecule has 0 unspecified atom stereocenters. The largest absolute Gasteiger partial charge is 0.343 e. The number of nitrogens with zero attached hydrogens (tertiary/aromatic N) is 4. The minimum atomic E-state index is -3.70. The van der Waals surface area contributed by atoms with E-state index >= 15 is 0 Å². The molecule has 0 aromatic carbocycles. The number of thiophene rings is 1. The number of hydrogen-bond donors (Lipinski definition) is 0. The van der Waals surface area contributed by atoms with Crippen molar-refractivity contribution in [1.29, 1.82) is 0 Å². The molecule has 2 aromatic heterocycles. The quantitative estimate of drug-likeness (QED) is 0.640. The molecule has 4 rings (SSSR count). The van der Waals surface area contributed by atoms with Crippen molar-refractivity contribution in [3.05, 3.63) is 16.8 Å². The van der Waals surface area contributed by atoms with E-state index in [4.69, 9.17) is 4.52 Å². The molecule has 2 fully saturated rings. The fourth-order valence-electron chi connectivity index (χ4n) is 3.96. The second kappa shape index (κ2) is 8.39. The summed E-state index contributed by atoms with van der Waals surface area (Å²) in [6.07, 6.45) is 3.53. The van der Waals surface area contributed by atoms with Crippen LogP contribution in [-0.4, -0.2) is 59.8 Å². The monoisotopic (exact) mass is 452 g/mol. The molecule has 164 valence electrons. The average molecular weight is 453 g/mol. The first-order valence-electron chi connectivity index (χ1n) is 10.6. The summed E-state index contributed by atoms with van der Waals surface area (Å²) in [5, 5.41) is 4.04. The third-order valence-electron chi connectivity index (χ3n) is 5.89. The fraction of sp³-hybridized carbons (Fsp3) is 0.650. The van der Waals surface area contributed by atoms with Gasteiger partial charge in [0, 0.05) is 37.0 Å². The molecule has 3 heterocycles. The van der Waals surface area contributed by atoms with E-state index in [0.29, 0.717) is 53.4 Å². The Morgan fingerprint density at radius 1 is 1.30 bits per heavy atom. The first-order chi connectivity index (χ1) is 14.3. The predicted molar refractivity (Wildman–Crippen MR) is 114 cm³/mol. The number of aromatic nitrogens is 2. The van der Waals surface area contributed by atoms with E-state index in [2.05, 4.69) is 10.1 Å². The van der Waals surface area contributed by atoms with Crippen LogP contribution >= 0.6 is 11.3 Å². The van der Waals surface area contributed by atoms with Crippen molar-refractivity contribution >= 4 is 27.3 Å². The molecule has 0 bridgehead atoms. The van der Waals surface area contributed by atoms with E-state index in [0.717, 1.165) is 19.3 Å². The molecule has 1 saturated heterocycles. The van der Waals surface area contributed by atoms with E-state index in [-0.39, 0.29) is 23.3 Å². The number of carbonyl (C=O) groups excluding carboxylic acids is 1. The number of amides is 1. The van der Waals surface area contributed by atoms with Gasteiger partial charge in [0.15, 0.2) is 0 Å². The van der Waals surface area contributed by atoms with Gasteiger partial charge >= 0.3 is 0 Å². The molecule has 10 heteroatoms. The topological polar surface area (TPSA) is 96.6 Å². The van der Waals surface area contributed by atoms with E-state index in [1.807, 2.05) is 13.8 Å². The predicted octanol–water partition coefficient (Wildman–Crippen LogP) is 3.25. The van der Waals surface area contributed by atoms with E-state index < -0.39 is 10.0 Å². The summed E-state index contributed by atoms with van der Waals surface area (Å²) < 4.78 is 33.6. The third kappa shape index (κ3) is 4.04. The van der Waals surface area contributed by atoms with Crippen molar-refractivity contribution in [3.8, 4) is 10.7 Å². The van der Waals surface area contributed by atoms with E-state index in [1.54, 1.807) is 17.9 Å². The van der Waals surface area contributed by atoms with Gasteiger partial charge < -0.3 is 9.42 Å². The number of carbonyl (C=O) groups is 1. The summed E-state index contributed by atoms with van der Waals surface area (Å²) >= 11 is 1.36. The Morgan fingerprint density at radius 2 is 2.03 bits per heavy atom. The van der Waals surface area contributed by atoms with Crippen LogP contribution in [0, 0.1) is 12.8 Å². The number of hydrogen-bond acceptors (Lipinski definition) is 7. The summed E-state index contributed by atoms with van der Waals surface area (Å²) in [7, 11) is -3.70. The normalized spacial score (nSPS) is 20.4. The van der Waals surface area contributed by atoms with Crippen LogP contribution in [0.3, 0.4) is 0 Å². The van der Waals surface area contributed by atoms with Gasteiger partial charge in [0.2, 0.25) is 27.6 Å². The highest BCUT2D eigenvalue weighted by atomic mass is 32.2. The Balaban J connectivity index is 1.55. The van der Waals surface area contributed by atoms with Crippen LogP contribution in [0.1, 0.15) is 56.2 Å². The highest BCUT2D eigenvalue weighted by molar-refractivity contribution is 7.89. The molecule has 30 heavy (non-hydrogen) atoms. The summed E-state index contributed by atoms with van der Waals surface area (Å²) in [6.45, 7) is 7.63. The molecule has 1 aliphatic carbocycles. The average Bonchev–Trinajstić information content (AvgIpc) is 3.33. The Labute approximate surface area is 181 Å². The third-order valence-corrected chi connectivity index (χ3v) is 9.05. The van der Waals surface area contributed by atoms with Gasteiger partial charge in [-0.1, -0.05) is 5.16 Å². The molecular weight excluding hydrogens is 424 g/mol. The second-order valence-electron chi connectivity index (χ2n) is 7.97. The molecule has 1 aliphatic heterocycles. The molecule has 0 spiro atoms. The van der Waals surface area contributed by atoms with Crippen molar-refractivity contribution in [1.82, 2.24) is 19.3 Å². The van der Waals surface area contributed by atoms with Crippen LogP contribution in [0.15, 0.2) is 15.5 Å². The molecular formula is C20H28N4O4S2. The lowest BCUT2D eigenvalue weighted by Gasteiger charge is -2.33. The lowest BCUT2D eigenvalue weighted by Crippen LogP contribution is -2.46. The van der Waals surface area contributed by atoms with E-state index in [9.17, 15) is 13.2 Å². The molecule has 1 saturated carbocycles. The minimum absolute atomic E-state index is 0.0435. The maximum Gasteiger partial charge on any atom is 0.244 e. The van der Waals surface area contributed by atoms with Crippen molar-refractivity contribution in [2.75, 3.05) is 26.2 Å². The standard InChI is InChI=1S/C20H28N4O4S2/c1-4-23(5-2)20(25)15-7-6-10-24(12-15)30(26,27)17-11-16(29-13(17)3)18-21-19(28-22-18)14-8-9-14/h11,14-15H,4-10,12H2,1-3H3/t15-/m1/s1. The highest BCUT2D eigenvalue weighted by Crippen LogP contribution is 2.41. The molecule has 8 nitrogen and oxygen atoms in total. The molecule has 1 atom stereocenters. The van der Waals surface area contributed by atoms with Crippen LogP contribution < -0.4 is 0 Å². The van der Waals surface area contributed by atoms with Gasteiger partial charge in [-0.05, 0) is 52.5 Å². The van der Waals surface area contributed by atoms with Crippen molar-refractivity contribution in [3.63, 3.8) is 0 Å². The number of piperidine rings is 1. The van der Waals surface area contributed by atoms with Gasteiger partial charge in [-0.15, -0.1) is 11.3 Å². The Hall–Kier alpha value is -1.78.